The van der Waals surface area contributed by atoms with Gasteiger partial charge in [-0.05, 0) is 31.7 Å². The van der Waals surface area contributed by atoms with Gasteiger partial charge in [0.05, 0.1) is 17.1 Å². The Balaban J connectivity index is 0.00000210. The van der Waals surface area contributed by atoms with Crippen LogP contribution in [0.2, 0.25) is 0 Å². The van der Waals surface area contributed by atoms with Gasteiger partial charge in [-0.2, -0.15) is 0 Å². The van der Waals surface area contributed by atoms with E-state index in [0.29, 0.717) is 43.9 Å². The van der Waals surface area contributed by atoms with Crippen molar-refractivity contribution >= 4 is 5.69 Å². The van der Waals surface area contributed by atoms with E-state index in [9.17, 15) is 0 Å². The highest BCUT2D eigenvalue weighted by molar-refractivity contribution is 5.68. The average Bonchev–Trinajstić information content (AvgIpc) is 3.24. The summed E-state index contributed by atoms with van der Waals surface area (Å²) in [6, 6.07) is 6.59. The maximum atomic E-state index is 15.0. The Bertz CT molecular complexity index is 1020. The summed E-state index contributed by atoms with van der Waals surface area (Å²) in [6.45, 7) is 9.60. The Morgan fingerprint density at radius 2 is 2.00 bits per heavy atom. The standard InChI is InChI=1S/C23H30F2N8.CH5N/c1-3-32(28)13-16-8-15(2)33(14-16)21-7-6-20(22(24)23(21)25)17-4-5-18(30-10-17)11-29-12-19(9-26)31-27;1-2/h3-7,9-10,16,29,31H,1-2,8,11-14,26-28H2;2H2,1H3/b19-9-;. The lowest BCUT2D eigenvalue weighted by Gasteiger charge is -2.22. The zero-order chi connectivity index (χ0) is 26.0. The number of hydrazine groups is 2. The maximum Gasteiger partial charge on any atom is 0.183 e. The summed E-state index contributed by atoms with van der Waals surface area (Å²) in [5, 5.41) is 4.61. The lowest BCUT2D eigenvalue weighted by Crippen LogP contribution is -2.32. The van der Waals surface area contributed by atoms with E-state index >= 15 is 8.78 Å². The van der Waals surface area contributed by atoms with E-state index in [1.165, 1.54) is 30.7 Å². The minimum atomic E-state index is -0.922. The van der Waals surface area contributed by atoms with E-state index in [0.717, 1.165) is 11.4 Å². The highest BCUT2D eigenvalue weighted by atomic mass is 19.2. The van der Waals surface area contributed by atoms with Gasteiger partial charge < -0.3 is 32.1 Å². The van der Waals surface area contributed by atoms with Crippen molar-refractivity contribution in [2.24, 2.45) is 29.1 Å². The number of hydrogen-bond acceptors (Lipinski definition) is 9. The van der Waals surface area contributed by atoms with Gasteiger partial charge in [-0.3, -0.25) is 10.8 Å². The molecule has 1 aliphatic heterocycles. The Kier molecular flexibility index (Phi) is 10.6. The van der Waals surface area contributed by atoms with Gasteiger partial charge in [0, 0.05) is 67.5 Å². The molecule has 190 valence electrons. The quantitative estimate of drug-likeness (QED) is 0.217. The van der Waals surface area contributed by atoms with E-state index in [1.807, 2.05) is 0 Å². The number of nitrogens with one attached hydrogen (secondary N) is 2. The first-order valence-electron chi connectivity index (χ1n) is 11.1. The number of anilines is 1. The van der Waals surface area contributed by atoms with Crippen molar-refractivity contribution in [3.8, 4) is 11.1 Å². The largest absolute Gasteiger partial charge is 0.403 e. The molecule has 11 heteroatoms. The Labute approximate surface area is 205 Å². The molecule has 10 N–H and O–H groups in total. The van der Waals surface area contributed by atoms with Crippen LogP contribution in [0, 0.1) is 17.6 Å². The molecule has 1 fully saturated rings. The first-order valence-corrected chi connectivity index (χ1v) is 11.1. The normalized spacial score (nSPS) is 15.5. The number of halogens is 2. The number of hydrogen-bond donors (Lipinski definition) is 6. The van der Waals surface area contributed by atoms with Crippen LogP contribution in [-0.4, -0.2) is 36.7 Å². The van der Waals surface area contributed by atoms with Crippen LogP contribution in [0.5, 0.6) is 0 Å². The number of nitrogens with two attached hydrogens (primary N) is 4. The summed E-state index contributed by atoms with van der Waals surface area (Å²) < 4.78 is 30.1. The zero-order valence-corrected chi connectivity index (χ0v) is 20.0. The van der Waals surface area contributed by atoms with Crippen LogP contribution in [0.1, 0.15) is 12.1 Å². The SMILES string of the molecule is C=CN(N)CC1CC(=C)N(c2ccc(-c3ccc(CNC/C(=C/N)NN)nc3)c(F)c2F)C1.CN. The van der Waals surface area contributed by atoms with Gasteiger partial charge in [-0.1, -0.05) is 19.2 Å². The molecule has 0 amide bonds. The van der Waals surface area contributed by atoms with Crippen LogP contribution in [0.25, 0.3) is 11.1 Å². The van der Waals surface area contributed by atoms with Crippen LogP contribution in [0.3, 0.4) is 0 Å². The van der Waals surface area contributed by atoms with E-state index in [1.54, 1.807) is 29.2 Å². The number of benzene rings is 1. The van der Waals surface area contributed by atoms with E-state index in [4.69, 9.17) is 17.4 Å². The predicted molar refractivity (Wildman–Crippen MR) is 137 cm³/mol. The van der Waals surface area contributed by atoms with Crippen molar-refractivity contribution in [3.63, 3.8) is 0 Å². The summed E-state index contributed by atoms with van der Waals surface area (Å²) in [7, 11) is 1.50. The molecule has 1 atom stereocenters. The van der Waals surface area contributed by atoms with Crippen molar-refractivity contribution < 1.29 is 8.78 Å². The van der Waals surface area contributed by atoms with Crippen LogP contribution in [-0.2, 0) is 6.54 Å². The zero-order valence-electron chi connectivity index (χ0n) is 20.0. The molecular weight excluding hydrogens is 452 g/mol. The molecule has 1 aromatic heterocycles. The highest BCUT2D eigenvalue weighted by Crippen LogP contribution is 2.36. The van der Waals surface area contributed by atoms with Crippen LogP contribution in [0.15, 0.2) is 67.4 Å². The molecule has 0 bridgehead atoms. The van der Waals surface area contributed by atoms with Crippen LogP contribution in [0.4, 0.5) is 14.5 Å². The lowest BCUT2D eigenvalue weighted by molar-refractivity contribution is 0.332. The van der Waals surface area contributed by atoms with Crippen molar-refractivity contribution in [2.75, 3.05) is 31.6 Å². The van der Waals surface area contributed by atoms with Crippen molar-refractivity contribution in [1.82, 2.24) is 20.7 Å². The monoisotopic (exact) mass is 487 g/mol. The number of pyridine rings is 1. The first-order chi connectivity index (χ1) is 16.9. The van der Waals surface area contributed by atoms with Gasteiger partial charge in [0.25, 0.3) is 0 Å². The molecule has 9 nitrogen and oxygen atoms in total. The van der Waals surface area contributed by atoms with Crippen LogP contribution < -0.4 is 38.8 Å². The molecule has 0 spiro atoms. The number of allylic oxidation sites excluding steroid dienone is 1. The Morgan fingerprint density at radius 1 is 1.26 bits per heavy atom. The van der Waals surface area contributed by atoms with Gasteiger partial charge in [-0.25, -0.2) is 14.6 Å². The second kappa shape index (κ2) is 13.4. The lowest BCUT2D eigenvalue weighted by atomic mass is 10.1. The number of nitrogens with zero attached hydrogens (tertiary/aromatic N) is 3. The fraction of sp³-hybridized carbons (Fsp3) is 0.292. The highest BCUT2D eigenvalue weighted by Gasteiger charge is 2.30. The summed E-state index contributed by atoms with van der Waals surface area (Å²) in [5.41, 5.74) is 15.3. The van der Waals surface area contributed by atoms with Gasteiger partial charge in [0.1, 0.15) is 0 Å². The van der Waals surface area contributed by atoms with Gasteiger partial charge in [-0.15, -0.1) is 0 Å². The Hall–Kier alpha value is -3.51. The predicted octanol–water partition coefficient (Wildman–Crippen LogP) is 1.61. The van der Waals surface area contributed by atoms with Crippen molar-refractivity contribution in [2.45, 2.75) is 13.0 Å². The summed E-state index contributed by atoms with van der Waals surface area (Å²) in [6.07, 6.45) is 5.07. The molecular formula is C24H35F2N9. The van der Waals surface area contributed by atoms with E-state index in [2.05, 4.69) is 34.6 Å². The van der Waals surface area contributed by atoms with Crippen LogP contribution >= 0.6 is 0 Å². The summed E-state index contributed by atoms with van der Waals surface area (Å²) in [4.78, 5) is 6.03. The van der Waals surface area contributed by atoms with E-state index < -0.39 is 11.6 Å². The molecule has 3 rings (SSSR count). The topological polar surface area (TPSA) is 148 Å². The molecule has 1 aromatic carbocycles. The molecule has 0 saturated carbocycles. The van der Waals surface area contributed by atoms with Gasteiger partial charge in [0.2, 0.25) is 0 Å². The van der Waals surface area contributed by atoms with Gasteiger partial charge >= 0.3 is 0 Å². The Morgan fingerprint density at radius 3 is 2.60 bits per heavy atom. The fourth-order valence-electron chi connectivity index (χ4n) is 3.80. The third-order valence-electron chi connectivity index (χ3n) is 5.55. The molecule has 1 aliphatic rings. The molecule has 1 unspecified atom stereocenters. The maximum absolute atomic E-state index is 15.0. The molecule has 1 saturated heterocycles. The minimum absolute atomic E-state index is 0.144. The molecule has 2 aromatic rings. The second-order valence-corrected chi connectivity index (χ2v) is 7.86. The molecule has 0 radical (unpaired) electrons. The van der Waals surface area contributed by atoms with Crippen molar-refractivity contribution in [3.05, 3.63) is 84.7 Å². The molecule has 2 heterocycles. The third kappa shape index (κ3) is 6.99. The number of aromatic nitrogens is 1. The summed E-state index contributed by atoms with van der Waals surface area (Å²) >= 11 is 0. The third-order valence-corrected chi connectivity index (χ3v) is 5.55. The first kappa shape index (κ1) is 27.7. The number of rotatable bonds is 10. The van der Waals surface area contributed by atoms with Crippen molar-refractivity contribution in [1.29, 1.82) is 0 Å². The summed E-state index contributed by atoms with van der Waals surface area (Å²) in [5.74, 6) is 9.43. The molecule has 35 heavy (non-hydrogen) atoms. The van der Waals surface area contributed by atoms with E-state index in [-0.39, 0.29) is 17.2 Å². The molecule has 0 aliphatic carbocycles. The second-order valence-electron chi connectivity index (χ2n) is 7.86. The minimum Gasteiger partial charge on any atom is -0.403 e. The average molecular weight is 488 g/mol. The fourth-order valence-corrected chi connectivity index (χ4v) is 3.80. The smallest absolute Gasteiger partial charge is 0.183 e. The van der Waals surface area contributed by atoms with Gasteiger partial charge in [0.15, 0.2) is 11.6 Å².